The number of hydrogen-bond donors (Lipinski definition) is 3. The molecule has 0 saturated heterocycles. The third-order valence-electron chi connectivity index (χ3n) is 5.03. The van der Waals surface area contributed by atoms with E-state index in [-0.39, 0.29) is 120 Å². The van der Waals surface area contributed by atoms with Gasteiger partial charge in [-0.2, -0.15) is 0 Å². The number of hydrogen-bond acceptors (Lipinski definition) is 8. The van der Waals surface area contributed by atoms with Crippen LogP contribution in [0.5, 0.6) is 0 Å². The summed E-state index contributed by atoms with van der Waals surface area (Å²) in [5, 5.41) is 8.45. The zero-order valence-corrected chi connectivity index (χ0v) is 30.3. The van der Waals surface area contributed by atoms with E-state index in [9.17, 15) is 33.7 Å². The maximum Gasteiger partial charge on any atom is 1.00 e. The molecule has 0 aliphatic rings. The number of aryl methyl sites for hydroxylation is 1. The monoisotopic (exact) mass is 614 g/mol. The molecule has 1 rings (SSSR count). The second kappa shape index (κ2) is 21.1. The molecular formula is C19H29Cl2N2Na3O8P2. The Morgan fingerprint density at radius 1 is 0.972 bits per heavy atom. The van der Waals surface area contributed by atoms with Gasteiger partial charge in [-0.25, -0.2) is 0 Å². The first-order valence-electron chi connectivity index (χ1n) is 10.4. The molecule has 1 aromatic rings. The third-order valence-corrected chi connectivity index (χ3v) is 9.09. The van der Waals surface area contributed by atoms with Gasteiger partial charge < -0.3 is 44.0 Å². The summed E-state index contributed by atoms with van der Waals surface area (Å²) in [6, 6.07) is 7.91. The van der Waals surface area contributed by atoms with E-state index in [0.29, 0.717) is 37.7 Å². The molecule has 0 radical (unpaired) electrons. The van der Waals surface area contributed by atoms with Crippen LogP contribution in [-0.2, 0) is 20.3 Å². The third kappa shape index (κ3) is 14.8. The molecule has 0 aromatic heterocycles. The average Bonchev–Trinajstić information content (AvgIpc) is 2.72. The number of anilines is 1. The summed E-state index contributed by atoms with van der Waals surface area (Å²) in [6.45, 7) is 1.48. The Bertz CT molecular complexity index is 818. The smallest absolute Gasteiger partial charge is 0.808 e. The number of nitrogens with zero attached hydrogens (tertiary/aromatic N) is 1. The van der Waals surface area contributed by atoms with Crippen molar-refractivity contribution in [2.45, 2.75) is 43.6 Å². The van der Waals surface area contributed by atoms with Crippen molar-refractivity contribution in [3.63, 3.8) is 0 Å². The normalized spacial score (nSPS) is 14.2. The number of amides is 1. The Morgan fingerprint density at radius 2 is 1.50 bits per heavy atom. The number of rotatable bonds is 16. The fourth-order valence-electron chi connectivity index (χ4n) is 3.14. The predicted molar refractivity (Wildman–Crippen MR) is 122 cm³/mol. The van der Waals surface area contributed by atoms with Crippen LogP contribution in [0.15, 0.2) is 24.3 Å². The summed E-state index contributed by atoms with van der Waals surface area (Å²) >= 11 is 11.6. The van der Waals surface area contributed by atoms with Crippen molar-refractivity contribution in [2.75, 3.05) is 36.3 Å². The van der Waals surface area contributed by atoms with Crippen molar-refractivity contribution < 1.29 is 127 Å². The summed E-state index contributed by atoms with van der Waals surface area (Å²) in [7, 11) is -11.8. The Kier molecular flexibility index (Phi) is 25.1. The second-order valence-corrected chi connectivity index (χ2v) is 12.1. The first-order valence-corrected chi connectivity index (χ1v) is 14.6. The Labute approximate surface area is 288 Å². The molecule has 3 N–H and O–H groups in total. The number of carbonyl (C=O) groups excluding carboxylic acids is 1. The van der Waals surface area contributed by atoms with Crippen LogP contribution in [0.25, 0.3) is 0 Å². The zero-order valence-electron chi connectivity index (χ0n) is 21.0. The van der Waals surface area contributed by atoms with Gasteiger partial charge in [0.15, 0.2) is 12.7 Å². The van der Waals surface area contributed by atoms with Gasteiger partial charge in [0, 0.05) is 43.5 Å². The maximum atomic E-state index is 11.9. The van der Waals surface area contributed by atoms with Crippen LogP contribution >= 0.6 is 38.4 Å². The molecule has 2 atom stereocenters. The van der Waals surface area contributed by atoms with Crippen molar-refractivity contribution >= 4 is 50.0 Å². The molecule has 0 spiro atoms. The van der Waals surface area contributed by atoms with E-state index in [1.54, 1.807) is 0 Å². The van der Waals surface area contributed by atoms with Crippen molar-refractivity contribution in [3.05, 3.63) is 29.8 Å². The number of carbonyl (C=O) groups is 1. The first kappa shape index (κ1) is 42.8. The number of benzene rings is 1. The number of alkyl halides is 2. The predicted octanol–water partition coefficient (Wildman–Crippen LogP) is -8.30. The van der Waals surface area contributed by atoms with E-state index in [1.165, 1.54) is 0 Å². The van der Waals surface area contributed by atoms with E-state index >= 15 is 0 Å². The SMILES string of the molecule is O=C(CCCc1ccc(N(CCCl)CCCl)cc1)NCCCCC(O)(P(=O)([O-])[O-])P(=O)([O-])O.[Na+].[Na+].[Na+]. The molecule has 0 heterocycles. The van der Waals surface area contributed by atoms with Gasteiger partial charge in [-0.1, -0.05) is 12.1 Å². The summed E-state index contributed by atoms with van der Waals surface area (Å²) in [4.78, 5) is 56.1. The molecule has 0 saturated carbocycles. The van der Waals surface area contributed by atoms with Crippen LogP contribution in [-0.4, -0.2) is 52.4 Å². The molecular weight excluding hydrogens is 586 g/mol. The molecule has 0 fully saturated rings. The van der Waals surface area contributed by atoms with Crippen LogP contribution in [0.1, 0.15) is 37.7 Å². The van der Waals surface area contributed by atoms with Crippen LogP contribution < -0.4 is 114 Å². The number of nitrogens with one attached hydrogen (secondary N) is 1. The van der Waals surface area contributed by atoms with Gasteiger partial charge in [-0.15, -0.1) is 23.2 Å². The molecule has 17 heteroatoms. The number of unbranched alkanes of at least 4 members (excludes halogenated alkanes) is 1. The van der Waals surface area contributed by atoms with Gasteiger partial charge in [0.25, 0.3) is 0 Å². The Balaban J connectivity index is -0.00000363. The average molecular weight is 615 g/mol. The molecule has 10 nitrogen and oxygen atoms in total. The molecule has 36 heavy (non-hydrogen) atoms. The van der Waals surface area contributed by atoms with E-state index in [0.717, 1.165) is 11.3 Å². The quantitative estimate of drug-likeness (QED) is 0.0706. The summed E-state index contributed by atoms with van der Waals surface area (Å²) in [6.07, 6.45) is 0.443. The van der Waals surface area contributed by atoms with Crippen LogP contribution in [0.4, 0.5) is 5.69 Å². The second-order valence-electron chi connectivity index (χ2n) is 7.48. The van der Waals surface area contributed by atoms with Crippen LogP contribution in [0.2, 0.25) is 0 Å². The first-order chi connectivity index (χ1) is 15.4. The molecule has 2 unspecified atom stereocenters. The van der Waals surface area contributed by atoms with Crippen molar-refractivity contribution in [1.82, 2.24) is 5.32 Å². The Hall–Kier alpha value is 2.33. The van der Waals surface area contributed by atoms with Crippen molar-refractivity contribution in [2.24, 2.45) is 0 Å². The summed E-state index contributed by atoms with van der Waals surface area (Å²) < 4.78 is 22.1. The van der Waals surface area contributed by atoms with E-state index in [1.807, 2.05) is 24.3 Å². The molecule has 190 valence electrons. The topological polar surface area (TPSA) is 176 Å². The summed E-state index contributed by atoms with van der Waals surface area (Å²) in [5.41, 5.74) is 2.08. The minimum absolute atomic E-state index is 0. The minimum Gasteiger partial charge on any atom is -0.808 e. The van der Waals surface area contributed by atoms with Crippen LogP contribution in [0, 0.1) is 0 Å². The van der Waals surface area contributed by atoms with E-state index < -0.39 is 26.7 Å². The van der Waals surface area contributed by atoms with Gasteiger partial charge in [0.2, 0.25) is 5.91 Å². The molecule has 0 bridgehead atoms. The molecule has 1 amide bonds. The van der Waals surface area contributed by atoms with E-state index in [4.69, 9.17) is 28.1 Å². The van der Waals surface area contributed by atoms with Gasteiger partial charge in [-0.3, -0.25) is 4.79 Å². The maximum absolute atomic E-state index is 11.9. The Morgan fingerprint density at radius 3 is 1.94 bits per heavy atom. The van der Waals surface area contributed by atoms with Gasteiger partial charge in [0.1, 0.15) is 0 Å². The van der Waals surface area contributed by atoms with Gasteiger partial charge in [-0.05, 0) is 57.4 Å². The fourth-order valence-corrected chi connectivity index (χ4v) is 5.66. The molecule has 0 aliphatic heterocycles. The minimum atomic E-state index is -6.01. The van der Waals surface area contributed by atoms with Crippen molar-refractivity contribution in [3.8, 4) is 0 Å². The van der Waals surface area contributed by atoms with Gasteiger partial charge >= 0.3 is 88.7 Å². The zero-order chi connectivity index (χ0) is 25.1. The number of halogens is 2. The number of aliphatic hydroxyl groups is 1. The van der Waals surface area contributed by atoms with Gasteiger partial charge in [0.05, 0.1) is 0 Å². The largest absolute Gasteiger partial charge is 1.00 e. The van der Waals surface area contributed by atoms with E-state index in [2.05, 4.69) is 10.2 Å². The summed E-state index contributed by atoms with van der Waals surface area (Å²) in [5.74, 6) is 0.744. The van der Waals surface area contributed by atoms with Crippen LogP contribution in [0.3, 0.4) is 0 Å². The molecule has 0 aliphatic carbocycles. The standard InChI is InChI=1S/C19H32Cl2N2O8P2.3Na/c20-11-14-23(15-12-21)17-8-6-16(7-9-17)4-3-5-18(24)22-13-2-1-10-19(25,32(26,27)28)33(29,30)31;;;/h6-9,25H,1-5,10-15H2,(H,22,24)(H2,26,27,28)(H2,29,30,31);;;/q;3*+1/p-3. The molecule has 1 aromatic carbocycles. The van der Waals surface area contributed by atoms with Crippen molar-refractivity contribution in [1.29, 1.82) is 0 Å². The fraction of sp³-hybridized carbons (Fsp3) is 0.632.